The number of nitrogens with one attached hydrogen (secondary N) is 1. The van der Waals surface area contributed by atoms with Crippen LogP contribution in [0.1, 0.15) is 20.3 Å². The molecule has 0 aliphatic heterocycles. The van der Waals surface area contributed by atoms with Crippen LogP contribution in [0.25, 0.3) is 0 Å². The molecule has 0 amide bonds. The van der Waals surface area contributed by atoms with E-state index in [1.807, 2.05) is 0 Å². The molecule has 0 radical (unpaired) electrons. The Morgan fingerprint density at radius 1 is 1.53 bits per heavy atom. The quantitative estimate of drug-likeness (QED) is 0.817. The standard InChI is InChI=1S/C11H18ClN3O2/c1-7(2)4-8(6-16)14-10-9(12)5-13-11(15-10)17-3/h5,7-8,16H,4,6H2,1-3H3,(H,13,14,15). The van der Waals surface area contributed by atoms with Crippen molar-refractivity contribution >= 4 is 17.4 Å². The van der Waals surface area contributed by atoms with Gasteiger partial charge in [-0.1, -0.05) is 25.4 Å². The maximum Gasteiger partial charge on any atom is 0.318 e. The third kappa shape index (κ3) is 4.36. The minimum Gasteiger partial charge on any atom is -0.467 e. The first-order valence-electron chi connectivity index (χ1n) is 5.50. The van der Waals surface area contributed by atoms with Gasteiger partial charge in [0, 0.05) is 0 Å². The van der Waals surface area contributed by atoms with E-state index >= 15 is 0 Å². The molecule has 96 valence electrons. The van der Waals surface area contributed by atoms with Gasteiger partial charge in [-0.05, 0) is 12.3 Å². The Balaban J connectivity index is 2.77. The van der Waals surface area contributed by atoms with E-state index in [2.05, 4.69) is 29.1 Å². The normalized spacial score (nSPS) is 12.6. The lowest BCUT2D eigenvalue weighted by atomic mass is 10.0. The van der Waals surface area contributed by atoms with Crippen molar-refractivity contribution in [3.8, 4) is 6.01 Å². The van der Waals surface area contributed by atoms with Gasteiger partial charge in [-0.2, -0.15) is 4.98 Å². The number of halogens is 1. The fourth-order valence-electron chi connectivity index (χ4n) is 1.49. The van der Waals surface area contributed by atoms with E-state index < -0.39 is 0 Å². The summed E-state index contributed by atoms with van der Waals surface area (Å²) in [5.41, 5.74) is 0. The predicted octanol–water partition coefficient (Wildman–Crippen LogP) is 1.96. The van der Waals surface area contributed by atoms with Crippen LogP contribution in [0.4, 0.5) is 5.82 Å². The second-order valence-electron chi connectivity index (χ2n) is 4.21. The number of aromatic nitrogens is 2. The van der Waals surface area contributed by atoms with Crippen molar-refractivity contribution in [3.05, 3.63) is 11.2 Å². The van der Waals surface area contributed by atoms with Crippen LogP contribution in [0.3, 0.4) is 0 Å². The fourth-order valence-corrected chi connectivity index (χ4v) is 1.64. The van der Waals surface area contributed by atoms with Crippen LogP contribution in [0.5, 0.6) is 6.01 Å². The van der Waals surface area contributed by atoms with Gasteiger partial charge in [-0.25, -0.2) is 4.98 Å². The highest BCUT2D eigenvalue weighted by molar-refractivity contribution is 6.32. The number of hydrogen-bond donors (Lipinski definition) is 2. The first-order chi connectivity index (χ1) is 8.06. The molecule has 2 N–H and O–H groups in total. The average Bonchev–Trinajstić information content (AvgIpc) is 2.30. The largest absolute Gasteiger partial charge is 0.467 e. The molecule has 1 heterocycles. The van der Waals surface area contributed by atoms with Crippen LogP contribution in [0, 0.1) is 5.92 Å². The van der Waals surface area contributed by atoms with Gasteiger partial charge >= 0.3 is 6.01 Å². The van der Waals surface area contributed by atoms with Gasteiger partial charge in [0.05, 0.1) is 26.0 Å². The topological polar surface area (TPSA) is 67.3 Å². The second-order valence-corrected chi connectivity index (χ2v) is 4.61. The number of ether oxygens (including phenoxy) is 1. The molecule has 1 aromatic rings. The first kappa shape index (κ1) is 14.0. The summed E-state index contributed by atoms with van der Waals surface area (Å²) in [7, 11) is 1.49. The van der Waals surface area contributed by atoms with Crippen molar-refractivity contribution in [2.75, 3.05) is 19.0 Å². The molecule has 0 aromatic carbocycles. The third-order valence-electron chi connectivity index (χ3n) is 2.22. The van der Waals surface area contributed by atoms with E-state index in [0.717, 1.165) is 6.42 Å². The molecule has 0 saturated heterocycles. The lowest BCUT2D eigenvalue weighted by Crippen LogP contribution is -2.26. The van der Waals surface area contributed by atoms with Crippen molar-refractivity contribution in [1.82, 2.24) is 9.97 Å². The molecule has 1 unspecified atom stereocenters. The number of nitrogens with zero attached hydrogens (tertiary/aromatic N) is 2. The Kier molecular flexibility index (Phi) is 5.44. The van der Waals surface area contributed by atoms with Crippen molar-refractivity contribution in [2.45, 2.75) is 26.3 Å². The molecule has 0 bridgehead atoms. The number of aliphatic hydroxyl groups is 1. The zero-order valence-corrected chi connectivity index (χ0v) is 11.0. The Hall–Kier alpha value is -1.07. The van der Waals surface area contributed by atoms with Gasteiger partial charge in [0.25, 0.3) is 0 Å². The van der Waals surface area contributed by atoms with Gasteiger partial charge in [-0.3, -0.25) is 0 Å². The molecule has 1 aromatic heterocycles. The van der Waals surface area contributed by atoms with Crippen LogP contribution in [-0.4, -0.2) is 34.8 Å². The summed E-state index contributed by atoms with van der Waals surface area (Å²) in [6, 6.07) is 0.172. The smallest absolute Gasteiger partial charge is 0.318 e. The summed E-state index contributed by atoms with van der Waals surface area (Å²) in [5, 5.41) is 12.8. The van der Waals surface area contributed by atoms with Gasteiger partial charge in [0.15, 0.2) is 5.82 Å². The van der Waals surface area contributed by atoms with E-state index in [1.165, 1.54) is 13.3 Å². The van der Waals surface area contributed by atoms with Crippen molar-refractivity contribution in [1.29, 1.82) is 0 Å². The predicted molar refractivity (Wildman–Crippen MR) is 67.5 cm³/mol. The SMILES string of the molecule is COc1ncc(Cl)c(NC(CO)CC(C)C)n1. The highest BCUT2D eigenvalue weighted by atomic mass is 35.5. The maximum atomic E-state index is 9.27. The summed E-state index contributed by atoms with van der Waals surface area (Å²) in [6.45, 7) is 4.21. The summed E-state index contributed by atoms with van der Waals surface area (Å²) in [6.07, 6.45) is 2.30. The van der Waals surface area contributed by atoms with Gasteiger partial charge in [0.1, 0.15) is 5.02 Å². The van der Waals surface area contributed by atoms with Gasteiger partial charge in [-0.15, -0.1) is 0 Å². The van der Waals surface area contributed by atoms with Crippen molar-refractivity contribution < 1.29 is 9.84 Å². The van der Waals surface area contributed by atoms with E-state index in [-0.39, 0.29) is 18.7 Å². The number of rotatable bonds is 6. The monoisotopic (exact) mass is 259 g/mol. The number of methoxy groups -OCH3 is 1. The zero-order valence-electron chi connectivity index (χ0n) is 10.3. The molecular weight excluding hydrogens is 242 g/mol. The van der Waals surface area contributed by atoms with Crippen LogP contribution in [-0.2, 0) is 0 Å². The average molecular weight is 260 g/mol. The van der Waals surface area contributed by atoms with Crippen LogP contribution in [0.2, 0.25) is 5.02 Å². The molecule has 5 nitrogen and oxygen atoms in total. The Morgan fingerprint density at radius 3 is 2.76 bits per heavy atom. The molecule has 0 spiro atoms. The third-order valence-corrected chi connectivity index (χ3v) is 2.50. The molecule has 0 saturated carbocycles. The number of hydrogen-bond acceptors (Lipinski definition) is 5. The van der Waals surface area contributed by atoms with Crippen molar-refractivity contribution in [2.24, 2.45) is 5.92 Å². The highest BCUT2D eigenvalue weighted by Gasteiger charge is 2.13. The summed E-state index contributed by atoms with van der Waals surface area (Å²) in [5.74, 6) is 0.959. The maximum absolute atomic E-state index is 9.27. The number of aliphatic hydroxyl groups excluding tert-OH is 1. The molecule has 17 heavy (non-hydrogen) atoms. The van der Waals surface area contributed by atoms with E-state index in [4.69, 9.17) is 16.3 Å². The lowest BCUT2D eigenvalue weighted by Gasteiger charge is -2.19. The Bertz CT molecular complexity index is 361. The van der Waals surface area contributed by atoms with Crippen LogP contribution in [0.15, 0.2) is 6.20 Å². The minimum atomic E-state index is -0.0768. The summed E-state index contributed by atoms with van der Waals surface area (Å²) >= 11 is 5.97. The minimum absolute atomic E-state index is 0.0286. The Morgan fingerprint density at radius 2 is 2.24 bits per heavy atom. The van der Waals surface area contributed by atoms with Crippen molar-refractivity contribution in [3.63, 3.8) is 0 Å². The molecule has 6 heteroatoms. The molecule has 1 atom stereocenters. The number of anilines is 1. The fraction of sp³-hybridized carbons (Fsp3) is 0.636. The van der Waals surface area contributed by atoms with Gasteiger partial charge < -0.3 is 15.2 Å². The Labute approximate surface area is 106 Å². The molecule has 0 aliphatic rings. The van der Waals surface area contributed by atoms with Crippen LogP contribution < -0.4 is 10.1 Å². The molecule has 0 aliphatic carbocycles. The van der Waals surface area contributed by atoms with Gasteiger partial charge in [0.2, 0.25) is 0 Å². The zero-order chi connectivity index (χ0) is 12.8. The highest BCUT2D eigenvalue weighted by Crippen LogP contribution is 2.22. The first-order valence-corrected chi connectivity index (χ1v) is 5.88. The molecule has 1 rings (SSSR count). The second kappa shape index (κ2) is 6.61. The van der Waals surface area contributed by atoms with Crippen LogP contribution >= 0.6 is 11.6 Å². The van der Waals surface area contributed by atoms with E-state index in [9.17, 15) is 5.11 Å². The molecule has 0 fully saturated rings. The van der Waals surface area contributed by atoms with E-state index in [1.54, 1.807) is 0 Å². The summed E-state index contributed by atoms with van der Waals surface area (Å²) in [4.78, 5) is 7.98. The molecular formula is C11H18ClN3O2. The lowest BCUT2D eigenvalue weighted by molar-refractivity contribution is 0.259. The van der Waals surface area contributed by atoms with E-state index in [0.29, 0.717) is 16.8 Å². The summed E-state index contributed by atoms with van der Waals surface area (Å²) < 4.78 is 4.92.